The van der Waals surface area contributed by atoms with E-state index in [-0.39, 0.29) is 5.56 Å². The molecule has 0 bridgehead atoms. The molecular weight excluding hydrogens is 497 g/mol. The number of nitrogens with zero attached hydrogens (tertiary/aromatic N) is 3. The Morgan fingerprint density at radius 1 is 1.33 bits per heavy atom. The van der Waals surface area contributed by atoms with Crippen molar-refractivity contribution >= 4 is 60.6 Å². The highest BCUT2D eigenvalue weighted by molar-refractivity contribution is 9.10. The predicted octanol–water partition coefficient (Wildman–Crippen LogP) is 5.33. The summed E-state index contributed by atoms with van der Waals surface area (Å²) in [7, 11) is 0. The molecule has 1 heterocycles. The number of ether oxygens (including phenoxy) is 1. The smallest absolute Gasteiger partial charge is 0.282 e. The van der Waals surface area contributed by atoms with Crippen LogP contribution in [0.4, 0.5) is 0 Å². The van der Waals surface area contributed by atoms with E-state index in [2.05, 4.69) is 48.5 Å². The second-order valence-corrected chi connectivity index (χ2v) is 7.79. The zero-order valence-electron chi connectivity index (χ0n) is 14.2. The first-order chi connectivity index (χ1) is 12.9. The highest BCUT2D eigenvalue weighted by Crippen LogP contribution is 2.32. The molecule has 0 fully saturated rings. The fourth-order valence-electron chi connectivity index (χ4n) is 2.49. The van der Waals surface area contributed by atoms with Crippen molar-refractivity contribution in [2.24, 2.45) is 5.10 Å². The zero-order valence-corrected chi connectivity index (χ0v) is 18.2. The van der Waals surface area contributed by atoms with Crippen molar-refractivity contribution in [3.05, 3.63) is 78.7 Å². The van der Waals surface area contributed by atoms with Crippen LogP contribution < -0.4 is 10.3 Å². The van der Waals surface area contributed by atoms with Crippen LogP contribution in [0.1, 0.15) is 11.4 Å². The van der Waals surface area contributed by atoms with E-state index in [1.807, 2.05) is 6.07 Å². The lowest BCUT2D eigenvalue weighted by Crippen LogP contribution is -2.20. The maximum absolute atomic E-state index is 12.8. The van der Waals surface area contributed by atoms with E-state index in [4.69, 9.17) is 16.3 Å². The van der Waals surface area contributed by atoms with Gasteiger partial charge in [-0.1, -0.05) is 40.2 Å². The van der Waals surface area contributed by atoms with Crippen LogP contribution in [0.5, 0.6) is 5.75 Å². The largest absolute Gasteiger partial charge is 0.488 e. The fourth-order valence-corrected chi connectivity index (χ4v) is 3.80. The zero-order chi connectivity index (χ0) is 19.6. The number of benzene rings is 2. The third-order valence-corrected chi connectivity index (χ3v) is 4.97. The van der Waals surface area contributed by atoms with Crippen molar-refractivity contribution in [2.45, 2.75) is 6.92 Å². The first-order valence-electron chi connectivity index (χ1n) is 7.86. The number of rotatable bonds is 5. The fraction of sp³-hybridized carbons (Fsp3) is 0.105. The van der Waals surface area contributed by atoms with Gasteiger partial charge in [-0.3, -0.25) is 4.79 Å². The molecule has 5 nitrogen and oxygen atoms in total. The molecule has 2 aromatic carbocycles. The Kier molecular flexibility index (Phi) is 6.14. The van der Waals surface area contributed by atoms with Crippen LogP contribution in [0.3, 0.4) is 0 Å². The first kappa shape index (κ1) is 19.8. The number of fused-ring (bicyclic) bond motifs is 1. The SMILES string of the molecule is C=CCOc1c(Br)cc(Cl)cc1C=Nn1c(C)nc2ccc(Br)cc2c1=O. The Bertz CT molecular complexity index is 1130. The van der Waals surface area contributed by atoms with Gasteiger partial charge in [0.05, 0.1) is 21.6 Å². The van der Waals surface area contributed by atoms with Gasteiger partial charge in [-0.25, -0.2) is 4.98 Å². The molecule has 3 aromatic rings. The number of aromatic nitrogens is 2. The van der Waals surface area contributed by atoms with Gasteiger partial charge in [0, 0.05) is 15.1 Å². The first-order valence-corrected chi connectivity index (χ1v) is 9.83. The number of aryl methyl sites for hydroxylation is 1. The molecule has 0 saturated heterocycles. The van der Waals surface area contributed by atoms with E-state index < -0.39 is 0 Å². The molecule has 27 heavy (non-hydrogen) atoms. The van der Waals surface area contributed by atoms with Gasteiger partial charge in [-0.05, 0) is 53.2 Å². The van der Waals surface area contributed by atoms with Crippen LogP contribution >= 0.6 is 43.5 Å². The Balaban J connectivity index is 2.11. The summed E-state index contributed by atoms with van der Waals surface area (Å²) in [4.78, 5) is 17.3. The normalized spacial score (nSPS) is 11.3. The minimum Gasteiger partial charge on any atom is -0.488 e. The molecule has 3 rings (SSSR count). The van der Waals surface area contributed by atoms with Crippen molar-refractivity contribution < 1.29 is 4.74 Å². The maximum Gasteiger partial charge on any atom is 0.282 e. The quantitative estimate of drug-likeness (QED) is 0.344. The summed E-state index contributed by atoms with van der Waals surface area (Å²) in [5.74, 6) is 1.03. The van der Waals surface area contributed by atoms with Crippen molar-refractivity contribution in [1.29, 1.82) is 0 Å². The van der Waals surface area contributed by atoms with Gasteiger partial charge in [0.15, 0.2) is 0 Å². The molecule has 0 saturated carbocycles. The van der Waals surface area contributed by atoms with E-state index in [1.165, 1.54) is 10.9 Å². The van der Waals surface area contributed by atoms with Crippen LogP contribution in [-0.4, -0.2) is 22.5 Å². The molecule has 0 atom stereocenters. The third-order valence-electron chi connectivity index (χ3n) is 3.67. The van der Waals surface area contributed by atoms with Gasteiger partial charge in [0.2, 0.25) is 0 Å². The molecule has 0 unspecified atom stereocenters. The highest BCUT2D eigenvalue weighted by atomic mass is 79.9. The molecule has 0 spiro atoms. The standard InChI is InChI=1S/C19H14Br2ClN3O2/c1-3-6-27-18-12(7-14(22)9-16(18)21)10-23-25-11(2)24-17-5-4-13(20)8-15(17)19(25)26/h3-5,7-10H,1,6H2,2H3. The minimum atomic E-state index is -0.260. The maximum atomic E-state index is 12.8. The molecule has 8 heteroatoms. The van der Waals surface area contributed by atoms with Gasteiger partial charge >= 0.3 is 0 Å². The van der Waals surface area contributed by atoms with Crippen molar-refractivity contribution in [1.82, 2.24) is 9.66 Å². The lowest BCUT2D eigenvalue weighted by Gasteiger charge is -2.10. The molecular formula is C19H14Br2ClN3O2. The van der Waals surface area contributed by atoms with Crippen molar-refractivity contribution in [3.8, 4) is 5.75 Å². The van der Waals surface area contributed by atoms with Gasteiger partial charge < -0.3 is 4.74 Å². The summed E-state index contributed by atoms with van der Waals surface area (Å²) in [5.41, 5.74) is 0.981. The average molecular weight is 512 g/mol. The van der Waals surface area contributed by atoms with Crippen LogP contribution in [0.2, 0.25) is 5.02 Å². The average Bonchev–Trinajstić information content (AvgIpc) is 2.61. The van der Waals surface area contributed by atoms with Crippen LogP contribution in [0, 0.1) is 6.92 Å². The van der Waals surface area contributed by atoms with E-state index in [0.29, 0.717) is 44.1 Å². The Morgan fingerprint density at radius 2 is 2.11 bits per heavy atom. The van der Waals surface area contributed by atoms with Crippen LogP contribution in [-0.2, 0) is 0 Å². The topological polar surface area (TPSA) is 56.5 Å². The molecule has 0 N–H and O–H groups in total. The van der Waals surface area contributed by atoms with E-state index in [0.717, 1.165) is 4.47 Å². The summed E-state index contributed by atoms with van der Waals surface area (Å²) >= 11 is 13.0. The summed E-state index contributed by atoms with van der Waals surface area (Å²) in [5, 5.41) is 5.31. The van der Waals surface area contributed by atoms with Crippen molar-refractivity contribution in [2.75, 3.05) is 6.61 Å². The second-order valence-electron chi connectivity index (χ2n) is 5.59. The van der Waals surface area contributed by atoms with Gasteiger partial charge in [-0.2, -0.15) is 9.78 Å². The third kappa shape index (κ3) is 4.31. The molecule has 0 aliphatic heterocycles. The van der Waals surface area contributed by atoms with E-state index >= 15 is 0 Å². The van der Waals surface area contributed by atoms with Crippen LogP contribution in [0.15, 0.2) is 61.8 Å². The summed E-state index contributed by atoms with van der Waals surface area (Å²) in [6, 6.07) is 8.79. The summed E-state index contributed by atoms with van der Waals surface area (Å²) < 4.78 is 8.42. The predicted molar refractivity (Wildman–Crippen MR) is 116 cm³/mol. The Labute approximate surface area is 177 Å². The molecule has 1 aromatic heterocycles. The molecule has 0 aliphatic carbocycles. The molecule has 138 valence electrons. The van der Waals surface area contributed by atoms with Gasteiger partial charge in [-0.15, -0.1) is 0 Å². The molecule has 0 radical (unpaired) electrons. The second kappa shape index (κ2) is 8.37. The van der Waals surface area contributed by atoms with E-state index in [1.54, 1.807) is 37.3 Å². The van der Waals surface area contributed by atoms with Crippen LogP contribution in [0.25, 0.3) is 10.9 Å². The van der Waals surface area contributed by atoms with Crippen molar-refractivity contribution in [3.63, 3.8) is 0 Å². The Hall–Kier alpha value is -1.96. The summed E-state index contributed by atoms with van der Waals surface area (Å²) in [6.45, 7) is 5.70. The van der Waals surface area contributed by atoms with Gasteiger partial charge in [0.1, 0.15) is 18.2 Å². The molecule has 0 amide bonds. The number of hydrogen-bond acceptors (Lipinski definition) is 4. The lowest BCUT2D eigenvalue weighted by molar-refractivity contribution is 0.360. The lowest BCUT2D eigenvalue weighted by atomic mass is 10.2. The highest BCUT2D eigenvalue weighted by Gasteiger charge is 2.11. The van der Waals surface area contributed by atoms with E-state index in [9.17, 15) is 4.79 Å². The van der Waals surface area contributed by atoms with Gasteiger partial charge in [0.25, 0.3) is 5.56 Å². The number of halogens is 3. The summed E-state index contributed by atoms with van der Waals surface area (Å²) in [6.07, 6.45) is 3.16. The molecule has 0 aliphatic rings. The minimum absolute atomic E-state index is 0.260. The Morgan fingerprint density at radius 3 is 2.85 bits per heavy atom. The number of hydrogen-bond donors (Lipinski definition) is 0. The monoisotopic (exact) mass is 509 g/mol.